The summed E-state index contributed by atoms with van der Waals surface area (Å²) >= 11 is 0. The van der Waals surface area contributed by atoms with Crippen molar-refractivity contribution >= 4 is 11.9 Å². The van der Waals surface area contributed by atoms with Crippen LogP contribution in [0.1, 0.15) is 24.8 Å². The molecule has 1 aromatic carbocycles. The molecular formula is C19H23NO3. The van der Waals surface area contributed by atoms with Crippen molar-refractivity contribution < 1.29 is 14.7 Å². The number of rotatable bonds is 5. The predicted molar refractivity (Wildman–Crippen MR) is 87.8 cm³/mol. The number of benzene rings is 1. The minimum atomic E-state index is -0.888. The Morgan fingerprint density at radius 3 is 2.26 bits per heavy atom. The van der Waals surface area contributed by atoms with Crippen LogP contribution in [0.15, 0.2) is 42.5 Å². The van der Waals surface area contributed by atoms with Crippen LogP contribution in [-0.2, 0) is 16.0 Å². The molecule has 1 aliphatic carbocycles. The van der Waals surface area contributed by atoms with Gasteiger partial charge in [0.15, 0.2) is 0 Å². The number of hydrogen-bond donors (Lipinski definition) is 1. The summed E-state index contributed by atoms with van der Waals surface area (Å²) in [6, 6.07) is 9.53. The van der Waals surface area contributed by atoms with Crippen LogP contribution in [0.25, 0.3) is 0 Å². The van der Waals surface area contributed by atoms with Gasteiger partial charge in [-0.25, -0.2) is 0 Å². The zero-order chi connectivity index (χ0) is 16.2. The lowest BCUT2D eigenvalue weighted by atomic mass is 9.86. The molecule has 0 saturated carbocycles. The van der Waals surface area contributed by atoms with Gasteiger partial charge in [0, 0.05) is 19.5 Å². The second-order valence-electron chi connectivity index (χ2n) is 6.69. The van der Waals surface area contributed by atoms with Crippen LogP contribution in [0.4, 0.5) is 0 Å². The van der Waals surface area contributed by atoms with E-state index in [1.165, 1.54) is 0 Å². The number of likely N-dealkylation sites (tertiary alicyclic amines) is 1. The van der Waals surface area contributed by atoms with Gasteiger partial charge in [0.05, 0.1) is 5.92 Å². The molecule has 1 amide bonds. The van der Waals surface area contributed by atoms with Crippen molar-refractivity contribution in [1.29, 1.82) is 0 Å². The van der Waals surface area contributed by atoms with E-state index >= 15 is 0 Å². The molecule has 4 nitrogen and oxygen atoms in total. The van der Waals surface area contributed by atoms with Crippen LogP contribution in [0.5, 0.6) is 0 Å². The van der Waals surface area contributed by atoms with Crippen LogP contribution >= 0.6 is 0 Å². The van der Waals surface area contributed by atoms with E-state index in [2.05, 4.69) is 12.2 Å². The first kappa shape index (κ1) is 15.8. The zero-order valence-corrected chi connectivity index (χ0v) is 13.2. The minimum Gasteiger partial charge on any atom is -0.481 e. The fraction of sp³-hybridized carbons (Fsp3) is 0.474. The van der Waals surface area contributed by atoms with Crippen LogP contribution in [0.2, 0.25) is 0 Å². The van der Waals surface area contributed by atoms with E-state index in [-0.39, 0.29) is 12.3 Å². The first-order valence-corrected chi connectivity index (χ1v) is 8.33. The average molecular weight is 313 g/mol. The van der Waals surface area contributed by atoms with E-state index in [1.807, 2.05) is 35.2 Å². The Bertz CT molecular complexity index is 580. The van der Waals surface area contributed by atoms with Crippen LogP contribution in [0.3, 0.4) is 0 Å². The monoisotopic (exact) mass is 313 g/mol. The lowest BCUT2D eigenvalue weighted by Gasteiger charge is -2.19. The molecule has 3 rings (SSSR count). The van der Waals surface area contributed by atoms with Crippen molar-refractivity contribution in [2.45, 2.75) is 25.7 Å². The topological polar surface area (TPSA) is 57.6 Å². The quantitative estimate of drug-likeness (QED) is 0.850. The molecule has 1 unspecified atom stereocenters. The third kappa shape index (κ3) is 3.81. The molecule has 122 valence electrons. The summed E-state index contributed by atoms with van der Waals surface area (Å²) in [6.07, 6.45) is 6.98. The number of nitrogens with zero attached hydrogens (tertiary/aromatic N) is 1. The minimum absolute atomic E-state index is 0.0114. The Kier molecular flexibility index (Phi) is 4.79. The highest BCUT2D eigenvalue weighted by Crippen LogP contribution is 2.33. The molecule has 2 aliphatic rings. The zero-order valence-electron chi connectivity index (χ0n) is 13.2. The van der Waals surface area contributed by atoms with E-state index in [0.717, 1.165) is 31.5 Å². The Hall–Kier alpha value is -2.10. The van der Waals surface area contributed by atoms with Crippen molar-refractivity contribution in [3.63, 3.8) is 0 Å². The molecule has 0 aromatic heterocycles. The van der Waals surface area contributed by atoms with Crippen molar-refractivity contribution in [3.05, 3.63) is 48.0 Å². The van der Waals surface area contributed by atoms with E-state index < -0.39 is 11.9 Å². The molecule has 1 N–H and O–H groups in total. The number of carbonyl (C=O) groups excluding carboxylic acids is 1. The van der Waals surface area contributed by atoms with Crippen LogP contribution in [0, 0.1) is 17.8 Å². The summed E-state index contributed by atoms with van der Waals surface area (Å²) in [4.78, 5) is 25.9. The smallest absolute Gasteiger partial charge is 0.307 e. The third-order valence-electron chi connectivity index (χ3n) is 5.07. The molecule has 3 atom stereocenters. The van der Waals surface area contributed by atoms with Gasteiger partial charge in [-0.3, -0.25) is 9.59 Å². The van der Waals surface area contributed by atoms with E-state index in [0.29, 0.717) is 18.3 Å². The maximum atomic E-state index is 12.5. The lowest BCUT2D eigenvalue weighted by Crippen LogP contribution is -2.33. The molecule has 0 radical (unpaired) electrons. The summed E-state index contributed by atoms with van der Waals surface area (Å²) in [5.74, 6) is -0.434. The standard InChI is InChI=1S/C19H23NO3/c21-18(20-12-15-8-4-5-9-16(15)13-20)11-17(19(22)23)10-14-6-2-1-3-7-14/h1-7,15-17H,8-13H2,(H,22,23)/t15-,16+,17?. The highest BCUT2D eigenvalue weighted by Gasteiger charge is 2.36. The van der Waals surface area contributed by atoms with Crippen molar-refractivity contribution in [2.75, 3.05) is 13.1 Å². The molecular weight excluding hydrogens is 290 g/mol. The maximum absolute atomic E-state index is 12.5. The van der Waals surface area contributed by atoms with Crippen molar-refractivity contribution in [2.24, 2.45) is 17.8 Å². The normalized spacial score (nSPS) is 24.3. The van der Waals surface area contributed by atoms with E-state index in [1.54, 1.807) is 0 Å². The number of aliphatic carboxylic acids is 1. The summed E-state index contributed by atoms with van der Waals surface area (Å²) in [5, 5.41) is 9.45. The van der Waals surface area contributed by atoms with Gasteiger partial charge in [0.25, 0.3) is 0 Å². The van der Waals surface area contributed by atoms with E-state index in [4.69, 9.17) is 0 Å². The molecule has 23 heavy (non-hydrogen) atoms. The molecule has 4 heteroatoms. The highest BCUT2D eigenvalue weighted by atomic mass is 16.4. The number of carboxylic acids is 1. The number of carbonyl (C=O) groups is 2. The fourth-order valence-electron chi connectivity index (χ4n) is 3.70. The summed E-state index contributed by atoms with van der Waals surface area (Å²) in [6.45, 7) is 1.57. The molecule has 1 heterocycles. The van der Waals surface area contributed by atoms with Gasteiger partial charge in [-0.1, -0.05) is 42.5 Å². The number of allylic oxidation sites excluding steroid dienone is 2. The molecule has 1 aromatic rings. The molecule has 1 saturated heterocycles. The predicted octanol–water partition coefficient (Wildman–Crippen LogP) is 2.74. The van der Waals surface area contributed by atoms with Gasteiger partial charge in [0.1, 0.15) is 0 Å². The van der Waals surface area contributed by atoms with Crippen molar-refractivity contribution in [3.8, 4) is 0 Å². The van der Waals surface area contributed by atoms with Gasteiger partial charge in [-0.05, 0) is 36.7 Å². The molecule has 1 fully saturated rings. The second-order valence-corrected chi connectivity index (χ2v) is 6.69. The number of hydrogen-bond acceptors (Lipinski definition) is 2. The SMILES string of the molecule is O=C(O)C(CC(=O)N1C[C@H]2CC=CC[C@H]2C1)Cc1ccccc1. The molecule has 0 bridgehead atoms. The van der Waals surface area contributed by atoms with E-state index in [9.17, 15) is 14.7 Å². The maximum Gasteiger partial charge on any atom is 0.307 e. The summed E-state index contributed by atoms with van der Waals surface area (Å²) < 4.78 is 0. The van der Waals surface area contributed by atoms with Gasteiger partial charge in [0.2, 0.25) is 5.91 Å². The second kappa shape index (κ2) is 6.99. The fourth-order valence-corrected chi connectivity index (χ4v) is 3.70. The Balaban J connectivity index is 1.59. The Morgan fingerprint density at radius 1 is 1.09 bits per heavy atom. The number of carboxylic acid groups (broad SMARTS) is 1. The first-order chi connectivity index (χ1) is 11.1. The van der Waals surface area contributed by atoms with Gasteiger partial charge < -0.3 is 10.0 Å². The van der Waals surface area contributed by atoms with Crippen LogP contribution in [-0.4, -0.2) is 35.0 Å². The van der Waals surface area contributed by atoms with Gasteiger partial charge in [-0.15, -0.1) is 0 Å². The van der Waals surface area contributed by atoms with Crippen LogP contribution < -0.4 is 0 Å². The third-order valence-corrected chi connectivity index (χ3v) is 5.07. The molecule has 0 spiro atoms. The molecule has 1 aliphatic heterocycles. The Labute approximate surface area is 136 Å². The first-order valence-electron chi connectivity index (χ1n) is 8.33. The van der Waals surface area contributed by atoms with Gasteiger partial charge >= 0.3 is 5.97 Å². The highest BCUT2D eigenvalue weighted by molar-refractivity contribution is 5.82. The largest absolute Gasteiger partial charge is 0.481 e. The number of amides is 1. The number of fused-ring (bicyclic) bond motifs is 1. The lowest BCUT2D eigenvalue weighted by molar-refractivity contribution is -0.145. The van der Waals surface area contributed by atoms with Gasteiger partial charge in [-0.2, -0.15) is 0 Å². The van der Waals surface area contributed by atoms with Crippen molar-refractivity contribution in [1.82, 2.24) is 4.90 Å². The summed E-state index contributed by atoms with van der Waals surface area (Å²) in [5.41, 5.74) is 0.965. The summed E-state index contributed by atoms with van der Waals surface area (Å²) in [7, 11) is 0. The Morgan fingerprint density at radius 2 is 1.70 bits per heavy atom. The average Bonchev–Trinajstić information content (AvgIpc) is 2.99.